The zero-order chi connectivity index (χ0) is 8.55. The minimum Gasteiger partial charge on any atom is -0.492 e. The Balaban J connectivity index is 2.49. The number of fused-ring (bicyclic) bond motifs is 1. The standard InChI is InChI=1S/C8H9ClN2O/c9-6-3-5-1-2-10-4-7(5)11-8(6)12/h3,10H,1-2,4H2,(H,11,12). The van der Waals surface area contributed by atoms with E-state index in [1.165, 1.54) is 0 Å². The third kappa shape index (κ3) is 1.26. The fourth-order valence-electron chi connectivity index (χ4n) is 1.35. The molecule has 0 bridgehead atoms. The molecule has 1 aliphatic rings. The second-order valence-corrected chi connectivity index (χ2v) is 3.23. The highest BCUT2D eigenvalue weighted by Crippen LogP contribution is 2.24. The molecule has 12 heavy (non-hydrogen) atoms. The van der Waals surface area contributed by atoms with E-state index in [1.807, 2.05) is 0 Å². The molecule has 0 saturated carbocycles. The number of pyridine rings is 1. The lowest BCUT2D eigenvalue weighted by Gasteiger charge is -2.16. The summed E-state index contributed by atoms with van der Waals surface area (Å²) in [7, 11) is 0. The Kier molecular flexibility index (Phi) is 1.90. The minimum absolute atomic E-state index is 0.0703. The van der Waals surface area contributed by atoms with Crippen LogP contribution in [0.25, 0.3) is 0 Å². The van der Waals surface area contributed by atoms with E-state index < -0.39 is 0 Å². The number of hydrogen-bond acceptors (Lipinski definition) is 3. The molecule has 0 aliphatic carbocycles. The van der Waals surface area contributed by atoms with Gasteiger partial charge in [0.2, 0.25) is 5.88 Å². The molecule has 0 aromatic carbocycles. The van der Waals surface area contributed by atoms with Gasteiger partial charge in [0, 0.05) is 6.54 Å². The van der Waals surface area contributed by atoms with Crippen molar-refractivity contribution in [1.82, 2.24) is 10.3 Å². The summed E-state index contributed by atoms with van der Waals surface area (Å²) in [5.74, 6) is -0.0703. The third-order valence-corrected chi connectivity index (χ3v) is 2.27. The van der Waals surface area contributed by atoms with Crippen LogP contribution in [0.2, 0.25) is 5.02 Å². The molecular weight excluding hydrogens is 176 g/mol. The Morgan fingerprint density at radius 2 is 2.42 bits per heavy atom. The van der Waals surface area contributed by atoms with E-state index in [0.29, 0.717) is 5.02 Å². The molecule has 2 rings (SSSR count). The number of aromatic nitrogens is 1. The van der Waals surface area contributed by atoms with E-state index in [2.05, 4.69) is 10.3 Å². The van der Waals surface area contributed by atoms with E-state index in [1.54, 1.807) is 6.07 Å². The van der Waals surface area contributed by atoms with E-state index in [0.717, 1.165) is 30.8 Å². The van der Waals surface area contributed by atoms with Crippen LogP contribution in [0.3, 0.4) is 0 Å². The smallest absolute Gasteiger partial charge is 0.230 e. The van der Waals surface area contributed by atoms with Crippen LogP contribution in [-0.2, 0) is 13.0 Å². The zero-order valence-corrected chi connectivity index (χ0v) is 7.23. The SMILES string of the molecule is Oc1nc2c(cc1Cl)CCNC2. The largest absolute Gasteiger partial charge is 0.492 e. The van der Waals surface area contributed by atoms with E-state index in [4.69, 9.17) is 11.6 Å². The summed E-state index contributed by atoms with van der Waals surface area (Å²) >= 11 is 5.71. The topological polar surface area (TPSA) is 45.2 Å². The van der Waals surface area contributed by atoms with E-state index >= 15 is 0 Å². The molecule has 1 aromatic rings. The summed E-state index contributed by atoms with van der Waals surface area (Å²) in [5, 5.41) is 12.7. The maximum Gasteiger partial charge on any atom is 0.230 e. The fourth-order valence-corrected chi connectivity index (χ4v) is 1.53. The number of hydrogen-bond donors (Lipinski definition) is 2. The summed E-state index contributed by atoms with van der Waals surface area (Å²) in [6.45, 7) is 1.68. The number of nitrogens with zero attached hydrogens (tertiary/aromatic N) is 1. The Morgan fingerprint density at radius 1 is 1.58 bits per heavy atom. The highest BCUT2D eigenvalue weighted by molar-refractivity contribution is 6.31. The van der Waals surface area contributed by atoms with Gasteiger partial charge in [-0.25, -0.2) is 4.98 Å². The quantitative estimate of drug-likeness (QED) is 0.635. The summed E-state index contributed by atoms with van der Waals surface area (Å²) in [4.78, 5) is 3.97. The lowest BCUT2D eigenvalue weighted by molar-refractivity contribution is 0.447. The second-order valence-electron chi connectivity index (χ2n) is 2.83. The van der Waals surface area contributed by atoms with Gasteiger partial charge in [-0.15, -0.1) is 0 Å². The molecule has 4 heteroatoms. The summed E-state index contributed by atoms with van der Waals surface area (Å²) in [6.07, 6.45) is 0.933. The monoisotopic (exact) mass is 184 g/mol. The molecule has 0 radical (unpaired) electrons. The van der Waals surface area contributed by atoms with Crippen LogP contribution in [0.5, 0.6) is 5.88 Å². The molecule has 2 N–H and O–H groups in total. The van der Waals surface area contributed by atoms with Crippen molar-refractivity contribution in [1.29, 1.82) is 0 Å². The van der Waals surface area contributed by atoms with Gasteiger partial charge < -0.3 is 10.4 Å². The fraction of sp³-hybridized carbons (Fsp3) is 0.375. The van der Waals surface area contributed by atoms with Crippen molar-refractivity contribution in [2.24, 2.45) is 0 Å². The molecule has 3 nitrogen and oxygen atoms in total. The maximum atomic E-state index is 9.20. The van der Waals surface area contributed by atoms with Gasteiger partial charge in [-0.2, -0.15) is 0 Å². The van der Waals surface area contributed by atoms with Crippen molar-refractivity contribution < 1.29 is 5.11 Å². The lowest BCUT2D eigenvalue weighted by Crippen LogP contribution is -2.24. The van der Waals surface area contributed by atoms with Crippen molar-refractivity contribution in [3.05, 3.63) is 22.3 Å². The predicted molar refractivity (Wildman–Crippen MR) is 46.3 cm³/mol. The number of nitrogens with one attached hydrogen (secondary N) is 1. The van der Waals surface area contributed by atoms with Crippen LogP contribution in [0.15, 0.2) is 6.07 Å². The van der Waals surface area contributed by atoms with Gasteiger partial charge in [0.25, 0.3) is 0 Å². The molecule has 2 heterocycles. The van der Waals surface area contributed by atoms with Crippen molar-refractivity contribution in [3.8, 4) is 5.88 Å². The first kappa shape index (κ1) is 7.83. The Hall–Kier alpha value is -0.800. The van der Waals surface area contributed by atoms with Crippen molar-refractivity contribution in [2.45, 2.75) is 13.0 Å². The van der Waals surface area contributed by atoms with Crippen LogP contribution in [-0.4, -0.2) is 16.6 Å². The molecule has 0 fully saturated rings. The number of rotatable bonds is 0. The van der Waals surface area contributed by atoms with Gasteiger partial charge >= 0.3 is 0 Å². The van der Waals surface area contributed by atoms with Crippen LogP contribution in [0.1, 0.15) is 11.3 Å². The Bertz CT molecular complexity index is 283. The van der Waals surface area contributed by atoms with Crippen LogP contribution < -0.4 is 5.32 Å². The van der Waals surface area contributed by atoms with E-state index in [9.17, 15) is 5.11 Å². The highest BCUT2D eigenvalue weighted by Gasteiger charge is 2.12. The van der Waals surface area contributed by atoms with Crippen molar-refractivity contribution in [2.75, 3.05) is 6.54 Å². The first-order chi connectivity index (χ1) is 5.77. The number of halogens is 1. The zero-order valence-electron chi connectivity index (χ0n) is 6.47. The highest BCUT2D eigenvalue weighted by atomic mass is 35.5. The number of aromatic hydroxyl groups is 1. The summed E-state index contributed by atoms with van der Waals surface area (Å²) in [5.41, 5.74) is 2.04. The molecule has 0 saturated heterocycles. The Labute approximate surface area is 75.4 Å². The second kappa shape index (κ2) is 2.92. The van der Waals surface area contributed by atoms with Gasteiger partial charge in [-0.05, 0) is 24.6 Å². The molecule has 64 valence electrons. The van der Waals surface area contributed by atoms with Crippen molar-refractivity contribution >= 4 is 11.6 Å². The third-order valence-electron chi connectivity index (χ3n) is 1.99. The van der Waals surface area contributed by atoms with Gasteiger partial charge in [-0.3, -0.25) is 0 Å². The molecule has 0 spiro atoms. The van der Waals surface area contributed by atoms with Crippen LogP contribution in [0.4, 0.5) is 0 Å². The van der Waals surface area contributed by atoms with Crippen molar-refractivity contribution in [3.63, 3.8) is 0 Å². The first-order valence-corrected chi connectivity index (χ1v) is 4.23. The molecule has 1 aliphatic heterocycles. The molecule has 0 atom stereocenters. The Morgan fingerprint density at radius 3 is 3.25 bits per heavy atom. The van der Waals surface area contributed by atoms with Crippen LogP contribution >= 0.6 is 11.6 Å². The molecule has 0 unspecified atom stereocenters. The molecular formula is C8H9ClN2O. The van der Waals surface area contributed by atoms with Crippen LogP contribution in [0, 0.1) is 0 Å². The van der Waals surface area contributed by atoms with E-state index in [-0.39, 0.29) is 5.88 Å². The maximum absolute atomic E-state index is 9.20. The average Bonchev–Trinajstić information content (AvgIpc) is 2.07. The molecule has 0 amide bonds. The molecule has 1 aromatic heterocycles. The van der Waals surface area contributed by atoms with Gasteiger partial charge in [0.15, 0.2) is 0 Å². The summed E-state index contributed by atoms with van der Waals surface area (Å²) < 4.78 is 0. The predicted octanol–water partition coefficient (Wildman–Crippen LogP) is 1.09. The summed E-state index contributed by atoms with van der Waals surface area (Å²) in [6, 6.07) is 1.79. The van der Waals surface area contributed by atoms with Gasteiger partial charge in [0.05, 0.1) is 5.69 Å². The minimum atomic E-state index is -0.0703. The first-order valence-electron chi connectivity index (χ1n) is 3.85. The van der Waals surface area contributed by atoms with Gasteiger partial charge in [0.1, 0.15) is 5.02 Å². The lowest BCUT2D eigenvalue weighted by atomic mass is 10.1. The van der Waals surface area contributed by atoms with Gasteiger partial charge in [-0.1, -0.05) is 11.6 Å². The average molecular weight is 185 g/mol. The normalized spacial score (nSPS) is 15.8.